The SMILES string of the molecule is CCO[C@H](Cc1ccccc1)N1CCNCC1. The van der Waals surface area contributed by atoms with Crippen molar-refractivity contribution in [2.75, 3.05) is 32.8 Å². The molecule has 0 aromatic heterocycles. The van der Waals surface area contributed by atoms with Crippen molar-refractivity contribution in [2.24, 2.45) is 0 Å². The summed E-state index contributed by atoms with van der Waals surface area (Å²) >= 11 is 0. The van der Waals surface area contributed by atoms with Crippen molar-refractivity contribution in [3.63, 3.8) is 0 Å². The number of ether oxygens (including phenoxy) is 1. The predicted octanol–water partition coefficient (Wildman–Crippen LogP) is 1.50. The zero-order valence-electron chi connectivity index (χ0n) is 10.6. The minimum absolute atomic E-state index is 0.226. The molecule has 0 radical (unpaired) electrons. The Balaban J connectivity index is 1.96. The first kappa shape index (κ1) is 12.6. The van der Waals surface area contributed by atoms with E-state index in [9.17, 15) is 0 Å². The van der Waals surface area contributed by atoms with Gasteiger partial charge in [-0.1, -0.05) is 30.3 Å². The lowest BCUT2D eigenvalue weighted by atomic mass is 10.1. The first-order valence-electron chi connectivity index (χ1n) is 6.50. The summed E-state index contributed by atoms with van der Waals surface area (Å²) in [4.78, 5) is 2.44. The second-order valence-corrected chi connectivity index (χ2v) is 4.39. The number of nitrogens with one attached hydrogen (secondary N) is 1. The first-order valence-corrected chi connectivity index (χ1v) is 6.50. The second kappa shape index (κ2) is 6.74. The van der Waals surface area contributed by atoms with Crippen LogP contribution in [0.2, 0.25) is 0 Å². The zero-order valence-corrected chi connectivity index (χ0v) is 10.6. The van der Waals surface area contributed by atoms with Gasteiger partial charge in [-0.3, -0.25) is 4.90 Å². The van der Waals surface area contributed by atoms with Gasteiger partial charge in [-0.2, -0.15) is 0 Å². The highest BCUT2D eigenvalue weighted by Gasteiger charge is 2.20. The molecular formula is C14H22N2O. The molecule has 0 unspecified atom stereocenters. The fraction of sp³-hybridized carbons (Fsp3) is 0.571. The molecule has 1 aliphatic heterocycles. The smallest absolute Gasteiger partial charge is 0.114 e. The van der Waals surface area contributed by atoms with Crippen LogP contribution >= 0.6 is 0 Å². The number of benzene rings is 1. The van der Waals surface area contributed by atoms with Crippen LogP contribution in [-0.4, -0.2) is 43.9 Å². The van der Waals surface area contributed by atoms with Gasteiger partial charge in [0, 0.05) is 39.2 Å². The van der Waals surface area contributed by atoms with Gasteiger partial charge in [-0.25, -0.2) is 0 Å². The van der Waals surface area contributed by atoms with E-state index in [1.165, 1.54) is 5.56 Å². The van der Waals surface area contributed by atoms with Gasteiger partial charge in [-0.05, 0) is 12.5 Å². The number of rotatable bonds is 5. The first-order chi connectivity index (χ1) is 8.40. The summed E-state index contributed by atoms with van der Waals surface area (Å²) in [5, 5.41) is 3.38. The standard InChI is InChI=1S/C14H22N2O/c1-2-17-14(16-10-8-15-9-11-16)12-13-6-4-3-5-7-13/h3-7,14-15H,2,8-12H2,1H3/t14-/m1/s1. The van der Waals surface area contributed by atoms with Crippen molar-refractivity contribution in [3.05, 3.63) is 35.9 Å². The quantitative estimate of drug-likeness (QED) is 0.835. The fourth-order valence-corrected chi connectivity index (χ4v) is 2.27. The summed E-state index contributed by atoms with van der Waals surface area (Å²) in [6, 6.07) is 10.6. The third kappa shape index (κ3) is 3.80. The number of hydrogen-bond acceptors (Lipinski definition) is 3. The minimum atomic E-state index is 0.226. The predicted molar refractivity (Wildman–Crippen MR) is 70.0 cm³/mol. The van der Waals surface area contributed by atoms with Crippen LogP contribution in [0.1, 0.15) is 12.5 Å². The molecule has 1 saturated heterocycles. The van der Waals surface area contributed by atoms with Crippen LogP contribution < -0.4 is 5.32 Å². The molecule has 1 aromatic rings. The van der Waals surface area contributed by atoms with E-state index < -0.39 is 0 Å². The van der Waals surface area contributed by atoms with Gasteiger partial charge >= 0.3 is 0 Å². The summed E-state index contributed by atoms with van der Waals surface area (Å²) in [6.07, 6.45) is 1.21. The molecule has 17 heavy (non-hydrogen) atoms. The molecule has 3 heteroatoms. The van der Waals surface area contributed by atoms with E-state index >= 15 is 0 Å². The van der Waals surface area contributed by atoms with Crippen molar-refractivity contribution in [1.82, 2.24) is 10.2 Å². The molecule has 1 atom stereocenters. The van der Waals surface area contributed by atoms with Crippen LogP contribution in [0.4, 0.5) is 0 Å². The molecular weight excluding hydrogens is 212 g/mol. The van der Waals surface area contributed by atoms with Gasteiger partial charge in [0.1, 0.15) is 6.23 Å². The van der Waals surface area contributed by atoms with Crippen LogP contribution in [0, 0.1) is 0 Å². The highest BCUT2D eigenvalue weighted by Crippen LogP contribution is 2.11. The minimum Gasteiger partial charge on any atom is -0.363 e. The van der Waals surface area contributed by atoms with Gasteiger partial charge in [0.05, 0.1) is 0 Å². The third-order valence-electron chi connectivity index (χ3n) is 3.17. The van der Waals surface area contributed by atoms with Gasteiger partial charge < -0.3 is 10.1 Å². The molecule has 1 fully saturated rings. The third-order valence-corrected chi connectivity index (χ3v) is 3.17. The maximum absolute atomic E-state index is 5.88. The van der Waals surface area contributed by atoms with Crippen molar-refractivity contribution in [1.29, 1.82) is 0 Å². The Hall–Kier alpha value is -0.900. The monoisotopic (exact) mass is 234 g/mol. The number of piperazine rings is 1. The van der Waals surface area contributed by atoms with Gasteiger partial charge in [-0.15, -0.1) is 0 Å². The van der Waals surface area contributed by atoms with Crippen LogP contribution in [0.15, 0.2) is 30.3 Å². The van der Waals surface area contributed by atoms with E-state index in [0.717, 1.165) is 39.2 Å². The highest BCUT2D eigenvalue weighted by atomic mass is 16.5. The lowest BCUT2D eigenvalue weighted by Crippen LogP contribution is -2.50. The molecule has 2 rings (SSSR count). The fourth-order valence-electron chi connectivity index (χ4n) is 2.27. The van der Waals surface area contributed by atoms with E-state index in [1.54, 1.807) is 0 Å². The topological polar surface area (TPSA) is 24.5 Å². The highest BCUT2D eigenvalue weighted by molar-refractivity contribution is 5.15. The zero-order chi connectivity index (χ0) is 11.9. The molecule has 1 N–H and O–H groups in total. The molecule has 3 nitrogen and oxygen atoms in total. The largest absolute Gasteiger partial charge is 0.363 e. The van der Waals surface area contributed by atoms with Crippen molar-refractivity contribution in [2.45, 2.75) is 19.6 Å². The summed E-state index contributed by atoms with van der Waals surface area (Å²) in [6.45, 7) is 7.15. The lowest BCUT2D eigenvalue weighted by molar-refractivity contribution is -0.0584. The van der Waals surface area contributed by atoms with E-state index in [2.05, 4.69) is 47.5 Å². The van der Waals surface area contributed by atoms with E-state index in [1.807, 2.05) is 0 Å². The van der Waals surface area contributed by atoms with Gasteiger partial charge in [0.25, 0.3) is 0 Å². The Morgan fingerprint density at radius 1 is 1.24 bits per heavy atom. The molecule has 1 aromatic carbocycles. The van der Waals surface area contributed by atoms with Crippen LogP contribution in [-0.2, 0) is 11.2 Å². The van der Waals surface area contributed by atoms with E-state index in [4.69, 9.17) is 4.74 Å². The summed E-state index contributed by atoms with van der Waals surface area (Å²) in [5.74, 6) is 0. The molecule has 0 saturated carbocycles. The van der Waals surface area contributed by atoms with E-state index in [0.29, 0.717) is 0 Å². The summed E-state index contributed by atoms with van der Waals surface area (Å²) in [7, 11) is 0. The molecule has 1 aliphatic rings. The Morgan fingerprint density at radius 2 is 1.94 bits per heavy atom. The molecule has 94 valence electrons. The molecule has 0 bridgehead atoms. The maximum Gasteiger partial charge on any atom is 0.114 e. The average molecular weight is 234 g/mol. The molecule has 0 aliphatic carbocycles. The van der Waals surface area contributed by atoms with Crippen molar-refractivity contribution in [3.8, 4) is 0 Å². The Morgan fingerprint density at radius 3 is 2.59 bits per heavy atom. The summed E-state index contributed by atoms with van der Waals surface area (Å²) in [5.41, 5.74) is 1.35. The van der Waals surface area contributed by atoms with Gasteiger partial charge in [0.15, 0.2) is 0 Å². The molecule has 0 amide bonds. The molecule has 1 heterocycles. The normalized spacial score (nSPS) is 19.1. The van der Waals surface area contributed by atoms with Crippen LogP contribution in [0.25, 0.3) is 0 Å². The Bertz CT molecular complexity index is 309. The van der Waals surface area contributed by atoms with E-state index in [-0.39, 0.29) is 6.23 Å². The Kier molecular flexibility index (Phi) is 4.98. The van der Waals surface area contributed by atoms with Crippen LogP contribution in [0.3, 0.4) is 0 Å². The maximum atomic E-state index is 5.88. The summed E-state index contributed by atoms with van der Waals surface area (Å²) < 4.78 is 5.88. The molecule has 0 spiro atoms. The van der Waals surface area contributed by atoms with Crippen molar-refractivity contribution < 1.29 is 4.74 Å². The number of nitrogens with zero attached hydrogens (tertiary/aromatic N) is 1. The lowest BCUT2D eigenvalue weighted by Gasteiger charge is -2.34. The second-order valence-electron chi connectivity index (χ2n) is 4.39. The van der Waals surface area contributed by atoms with Crippen molar-refractivity contribution >= 4 is 0 Å². The average Bonchev–Trinajstić information content (AvgIpc) is 2.40. The van der Waals surface area contributed by atoms with Crippen LogP contribution in [0.5, 0.6) is 0 Å². The Labute approximate surface area is 104 Å². The number of hydrogen-bond donors (Lipinski definition) is 1. The van der Waals surface area contributed by atoms with Gasteiger partial charge in [0.2, 0.25) is 0 Å².